The van der Waals surface area contributed by atoms with Crippen LogP contribution in [0.5, 0.6) is 0 Å². The fraction of sp³-hybridized carbons (Fsp3) is 0.263. The topological polar surface area (TPSA) is 64.5 Å². The molecule has 0 fully saturated rings. The van der Waals surface area contributed by atoms with Crippen LogP contribution in [0.15, 0.2) is 36.7 Å². The van der Waals surface area contributed by atoms with Crippen molar-refractivity contribution in [2.75, 3.05) is 5.32 Å². The van der Waals surface area contributed by atoms with E-state index in [0.717, 1.165) is 24.9 Å². The van der Waals surface area contributed by atoms with Gasteiger partial charge in [-0.15, -0.1) is 12.4 Å². The second-order valence-electron chi connectivity index (χ2n) is 6.19. The Balaban J connectivity index is 0.00000169. The first-order chi connectivity index (χ1) is 11.3. The maximum Gasteiger partial charge on any atom is 0.103 e. The fourth-order valence-corrected chi connectivity index (χ4v) is 3.52. The van der Waals surface area contributed by atoms with Gasteiger partial charge in [-0.3, -0.25) is 4.98 Å². The summed E-state index contributed by atoms with van der Waals surface area (Å²) >= 11 is 0. The molecule has 0 saturated carbocycles. The van der Waals surface area contributed by atoms with Gasteiger partial charge >= 0.3 is 0 Å². The number of halogens is 1. The highest BCUT2D eigenvalue weighted by Crippen LogP contribution is 2.37. The van der Waals surface area contributed by atoms with Gasteiger partial charge in [0.15, 0.2) is 0 Å². The van der Waals surface area contributed by atoms with Gasteiger partial charge in [0, 0.05) is 29.0 Å². The Hall–Kier alpha value is -2.51. The number of anilines is 1. The van der Waals surface area contributed by atoms with Gasteiger partial charge in [-0.25, -0.2) is 0 Å². The predicted octanol–water partition coefficient (Wildman–Crippen LogP) is 4.65. The monoisotopic (exact) mass is 338 g/mol. The summed E-state index contributed by atoms with van der Waals surface area (Å²) in [6.07, 6.45) is 6.66. The summed E-state index contributed by atoms with van der Waals surface area (Å²) in [5, 5.41) is 14.1. The molecular weight excluding hydrogens is 320 g/mol. The number of hydrogen-bond acceptors (Lipinski definition) is 3. The molecule has 0 amide bonds. The molecule has 0 aliphatic heterocycles. The van der Waals surface area contributed by atoms with Crippen LogP contribution in [-0.2, 0) is 6.42 Å². The minimum Gasteiger partial charge on any atom is -0.376 e. The van der Waals surface area contributed by atoms with Crippen LogP contribution >= 0.6 is 12.4 Å². The van der Waals surface area contributed by atoms with Crippen LogP contribution in [0.4, 0.5) is 5.69 Å². The van der Waals surface area contributed by atoms with Gasteiger partial charge in [0.1, 0.15) is 6.07 Å². The molecule has 0 saturated heterocycles. The third-order valence-corrected chi connectivity index (χ3v) is 4.63. The summed E-state index contributed by atoms with van der Waals surface area (Å²) in [4.78, 5) is 7.62. The average Bonchev–Trinajstić information content (AvgIpc) is 2.94. The Kier molecular flexibility index (Phi) is 4.46. The molecule has 1 aromatic carbocycles. The van der Waals surface area contributed by atoms with E-state index in [2.05, 4.69) is 46.5 Å². The lowest BCUT2D eigenvalue weighted by atomic mass is 9.91. The van der Waals surface area contributed by atoms with Gasteiger partial charge in [0.25, 0.3) is 0 Å². The molecule has 3 aromatic rings. The maximum atomic E-state index is 9.25. The first kappa shape index (κ1) is 16.4. The SMILES string of the molecule is Cc1ccc2[nH]c3c(c2c1)CCCC3Nc1ccncc1C#N.Cl. The van der Waals surface area contributed by atoms with Gasteiger partial charge in [-0.05, 0) is 49.9 Å². The van der Waals surface area contributed by atoms with Crippen LogP contribution in [0.3, 0.4) is 0 Å². The first-order valence-corrected chi connectivity index (χ1v) is 7.98. The number of rotatable bonds is 2. The number of benzene rings is 1. The van der Waals surface area contributed by atoms with Crippen LogP contribution in [0.1, 0.15) is 41.3 Å². The van der Waals surface area contributed by atoms with Crippen molar-refractivity contribution in [3.63, 3.8) is 0 Å². The minimum absolute atomic E-state index is 0. The second-order valence-corrected chi connectivity index (χ2v) is 6.19. The Morgan fingerprint density at radius 3 is 3.04 bits per heavy atom. The number of pyridine rings is 1. The fourth-order valence-electron chi connectivity index (χ4n) is 3.52. The summed E-state index contributed by atoms with van der Waals surface area (Å²) < 4.78 is 0. The van der Waals surface area contributed by atoms with Crippen LogP contribution < -0.4 is 5.32 Å². The predicted molar refractivity (Wildman–Crippen MR) is 98.5 cm³/mol. The molecule has 4 nitrogen and oxygen atoms in total. The average molecular weight is 339 g/mol. The van der Waals surface area contributed by atoms with E-state index >= 15 is 0 Å². The van der Waals surface area contributed by atoms with E-state index in [0.29, 0.717) is 5.56 Å². The molecule has 0 spiro atoms. The van der Waals surface area contributed by atoms with E-state index in [1.165, 1.54) is 27.7 Å². The molecule has 122 valence electrons. The van der Waals surface area contributed by atoms with Crippen molar-refractivity contribution in [3.05, 3.63) is 59.0 Å². The molecule has 4 rings (SSSR count). The third-order valence-electron chi connectivity index (χ3n) is 4.63. The van der Waals surface area contributed by atoms with Crippen LogP contribution in [-0.4, -0.2) is 9.97 Å². The molecule has 0 radical (unpaired) electrons. The zero-order valence-corrected chi connectivity index (χ0v) is 14.3. The molecule has 2 N–H and O–H groups in total. The van der Waals surface area contributed by atoms with Gasteiger partial charge in [0.05, 0.1) is 17.3 Å². The highest BCUT2D eigenvalue weighted by atomic mass is 35.5. The summed E-state index contributed by atoms with van der Waals surface area (Å²) in [6.45, 7) is 2.13. The van der Waals surface area contributed by atoms with Crippen molar-refractivity contribution in [1.82, 2.24) is 9.97 Å². The summed E-state index contributed by atoms with van der Waals surface area (Å²) in [5.74, 6) is 0. The van der Waals surface area contributed by atoms with Crippen LogP contribution in [0, 0.1) is 18.3 Å². The lowest BCUT2D eigenvalue weighted by molar-refractivity contribution is 0.592. The number of H-pyrrole nitrogens is 1. The molecule has 2 heterocycles. The number of nitriles is 1. The van der Waals surface area contributed by atoms with Crippen molar-refractivity contribution in [3.8, 4) is 6.07 Å². The van der Waals surface area contributed by atoms with Crippen molar-refractivity contribution in [1.29, 1.82) is 5.26 Å². The smallest absolute Gasteiger partial charge is 0.103 e. The lowest BCUT2D eigenvalue weighted by Gasteiger charge is -2.25. The van der Waals surface area contributed by atoms with Gasteiger partial charge in [-0.1, -0.05) is 11.6 Å². The zero-order chi connectivity index (χ0) is 15.8. The summed E-state index contributed by atoms with van der Waals surface area (Å²) in [6, 6.07) is 10.9. The molecular formula is C19H19ClN4. The quantitative estimate of drug-likeness (QED) is 0.714. The van der Waals surface area contributed by atoms with Crippen LogP contribution in [0.25, 0.3) is 10.9 Å². The Bertz CT molecular complexity index is 923. The van der Waals surface area contributed by atoms with Gasteiger partial charge in [0.2, 0.25) is 0 Å². The van der Waals surface area contributed by atoms with Gasteiger partial charge in [-0.2, -0.15) is 5.26 Å². The summed E-state index contributed by atoms with van der Waals surface area (Å²) in [5.41, 5.74) is 6.61. The highest BCUT2D eigenvalue weighted by Gasteiger charge is 2.24. The van der Waals surface area contributed by atoms with E-state index in [9.17, 15) is 5.26 Å². The summed E-state index contributed by atoms with van der Waals surface area (Å²) in [7, 11) is 0. The standard InChI is InChI=1S/C19H18N4.ClH/c1-12-5-6-17-15(9-12)14-3-2-4-18(19(14)23-17)22-16-7-8-21-11-13(16)10-20;/h5-9,11,18,23H,2-4H2,1H3,(H,21,22);1H. The Labute approximate surface area is 147 Å². The zero-order valence-electron chi connectivity index (χ0n) is 13.5. The van der Waals surface area contributed by atoms with E-state index < -0.39 is 0 Å². The van der Waals surface area contributed by atoms with Crippen molar-refractivity contribution in [2.45, 2.75) is 32.2 Å². The molecule has 1 atom stereocenters. The molecule has 5 heteroatoms. The van der Waals surface area contributed by atoms with E-state index in [4.69, 9.17) is 0 Å². The Morgan fingerprint density at radius 2 is 2.21 bits per heavy atom. The number of nitrogens with one attached hydrogen (secondary N) is 2. The molecule has 24 heavy (non-hydrogen) atoms. The normalized spacial score (nSPS) is 16.1. The lowest BCUT2D eigenvalue weighted by Crippen LogP contribution is -2.17. The maximum absolute atomic E-state index is 9.25. The van der Waals surface area contributed by atoms with E-state index in [1.807, 2.05) is 6.07 Å². The number of nitrogens with zero attached hydrogens (tertiary/aromatic N) is 2. The van der Waals surface area contributed by atoms with E-state index in [-0.39, 0.29) is 18.4 Å². The highest BCUT2D eigenvalue weighted by molar-refractivity contribution is 5.86. The molecule has 1 unspecified atom stereocenters. The number of aromatic nitrogens is 2. The van der Waals surface area contributed by atoms with Gasteiger partial charge < -0.3 is 10.3 Å². The van der Waals surface area contributed by atoms with Crippen molar-refractivity contribution in [2.24, 2.45) is 0 Å². The second kappa shape index (κ2) is 6.54. The van der Waals surface area contributed by atoms with Crippen LogP contribution in [0.2, 0.25) is 0 Å². The third kappa shape index (κ3) is 2.72. The van der Waals surface area contributed by atoms with Crippen molar-refractivity contribution < 1.29 is 0 Å². The Morgan fingerprint density at radius 1 is 1.33 bits per heavy atom. The minimum atomic E-state index is 0. The molecule has 1 aliphatic rings. The number of hydrogen-bond donors (Lipinski definition) is 2. The number of aromatic amines is 1. The molecule has 2 aromatic heterocycles. The van der Waals surface area contributed by atoms with Crippen molar-refractivity contribution >= 4 is 29.0 Å². The van der Waals surface area contributed by atoms with E-state index in [1.54, 1.807) is 12.4 Å². The number of fused-ring (bicyclic) bond motifs is 3. The first-order valence-electron chi connectivity index (χ1n) is 7.98. The number of aryl methyl sites for hydroxylation is 2. The molecule has 1 aliphatic carbocycles. The largest absolute Gasteiger partial charge is 0.376 e. The molecule has 0 bridgehead atoms.